The summed E-state index contributed by atoms with van der Waals surface area (Å²) in [5.74, 6) is -2.00. The SMILES string of the molecule is CC(C)=CCC1=C(O)[C@]2(CC=C(C)C)C[C@H](CC=C(C)C)[C@@](C)(CC=C(C)C)[C@](C(=O)C(C)C)(C1=O)C2=O. The average molecular weight is 523 g/mol. The molecule has 0 spiro atoms. The standard InChI is InChI=1S/C34H50O4/c1-21(2)12-14-26-20-33(19-17-24(7)8)29(36)27(15-13-22(3)4)30(37)34(31(33)38,28(35)25(9)10)32(26,11)18-16-23(5)6/h12-13,16-17,25-26,36H,14-15,18-20H2,1-11H3/t26-,32+,33-,34+/m0/s1. The van der Waals surface area contributed by atoms with Gasteiger partial charge in [0.2, 0.25) is 0 Å². The number of fused-ring (bicyclic) bond motifs is 2. The highest BCUT2D eigenvalue weighted by molar-refractivity contribution is 6.33. The molecule has 0 saturated heterocycles. The normalized spacial score (nSPS) is 28.7. The molecule has 0 aromatic heterocycles. The Morgan fingerprint density at radius 1 is 0.868 bits per heavy atom. The van der Waals surface area contributed by atoms with Crippen molar-refractivity contribution in [1.82, 2.24) is 0 Å². The second-order valence-electron chi connectivity index (χ2n) is 13.1. The summed E-state index contributed by atoms with van der Waals surface area (Å²) < 4.78 is 0. The van der Waals surface area contributed by atoms with Gasteiger partial charge in [-0.3, -0.25) is 14.4 Å². The van der Waals surface area contributed by atoms with Crippen LogP contribution in [0.15, 0.2) is 57.9 Å². The van der Waals surface area contributed by atoms with Gasteiger partial charge in [-0.05, 0) is 93.4 Å². The van der Waals surface area contributed by atoms with Crippen LogP contribution in [-0.2, 0) is 14.4 Å². The molecule has 4 atom stereocenters. The molecular weight excluding hydrogens is 472 g/mol. The number of hydrogen-bond acceptors (Lipinski definition) is 4. The Bertz CT molecular complexity index is 1120. The van der Waals surface area contributed by atoms with Crippen LogP contribution in [0.3, 0.4) is 0 Å². The van der Waals surface area contributed by atoms with E-state index in [2.05, 4.69) is 12.2 Å². The maximum atomic E-state index is 14.9. The largest absolute Gasteiger partial charge is 0.511 e. The topological polar surface area (TPSA) is 71.4 Å². The van der Waals surface area contributed by atoms with Crippen molar-refractivity contribution in [1.29, 1.82) is 0 Å². The first-order valence-corrected chi connectivity index (χ1v) is 14.1. The molecule has 1 saturated carbocycles. The van der Waals surface area contributed by atoms with Gasteiger partial charge in [-0.2, -0.15) is 0 Å². The highest BCUT2D eigenvalue weighted by atomic mass is 16.3. The third kappa shape index (κ3) is 5.33. The van der Waals surface area contributed by atoms with Gasteiger partial charge in [0.05, 0.1) is 5.41 Å². The summed E-state index contributed by atoms with van der Waals surface area (Å²) >= 11 is 0. The molecule has 0 aliphatic heterocycles. The minimum atomic E-state index is -1.85. The highest BCUT2D eigenvalue weighted by Gasteiger charge is 2.75. The van der Waals surface area contributed by atoms with Gasteiger partial charge in [-0.25, -0.2) is 0 Å². The van der Waals surface area contributed by atoms with E-state index in [-0.39, 0.29) is 35.9 Å². The Morgan fingerprint density at radius 3 is 1.84 bits per heavy atom. The van der Waals surface area contributed by atoms with Crippen molar-refractivity contribution in [2.24, 2.45) is 28.1 Å². The number of aliphatic hydroxyl groups is 1. The minimum absolute atomic E-state index is 0.124. The zero-order valence-electron chi connectivity index (χ0n) is 25.7. The number of aliphatic hydroxyl groups excluding tert-OH is 1. The number of allylic oxidation sites excluding steroid dienone is 10. The fourth-order valence-corrected chi connectivity index (χ4v) is 6.39. The lowest BCUT2D eigenvalue weighted by molar-refractivity contribution is -0.179. The van der Waals surface area contributed by atoms with E-state index in [9.17, 15) is 19.5 Å². The summed E-state index contributed by atoms with van der Waals surface area (Å²) in [6, 6.07) is 0. The first-order valence-electron chi connectivity index (χ1n) is 14.1. The smallest absolute Gasteiger partial charge is 0.184 e. The Kier molecular flexibility index (Phi) is 9.78. The molecule has 0 unspecified atom stereocenters. The first kappa shape index (κ1) is 31.7. The Hall–Kier alpha value is -2.49. The predicted molar refractivity (Wildman–Crippen MR) is 157 cm³/mol. The van der Waals surface area contributed by atoms with Gasteiger partial charge in [-0.1, -0.05) is 67.4 Å². The second kappa shape index (κ2) is 11.7. The molecule has 1 N–H and O–H groups in total. The third-order valence-corrected chi connectivity index (χ3v) is 8.69. The van der Waals surface area contributed by atoms with Crippen LogP contribution >= 0.6 is 0 Å². The van der Waals surface area contributed by atoms with Gasteiger partial charge in [0.15, 0.2) is 22.8 Å². The zero-order valence-corrected chi connectivity index (χ0v) is 25.7. The summed E-state index contributed by atoms with van der Waals surface area (Å²) in [7, 11) is 0. The van der Waals surface area contributed by atoms with Gasteiger partial charge in [-0.15, -0.1) is 0 Å². The van der Waals surface area contributed by atoms with Gasteiger partial charge in [0.1, 0.15) is 5.76 Å². The monoisotopic (exact) mass is 522 g/mol. The average Bonchev–Trinajstić information content (AvgIpc) is 2.80. The summed E-state index contributed by atoms with van der Waals surface area (Å²) in [5.41, 5.74) is 0.416. The molecule has 0 aromatic rings. The van der Waals surface area contributed by atoms with E-state index in [1.807, 2.05) is 74.5 Å². The molecule has 0 amide bonds. The molecule has 2 rings (SSSR count). The molecule has 2 bridgehead atoms. The van der Waals surface area contributed by atoms with Crippen molar-refractivity contribution in [2.45, 2.75) is 108 Å². The van der Waals surface area contributed by atoms with Gasteiger partial charge >= 0.3 is 0 Å². The quantitative estimate of drug-likeness (QED) is 0.230. The fourth-order valence-electron chi connectivity index (χ4n) is 6.39. The molecule has 0 radical (unpaired) electrons. The maximum absolute atomic E-state index is 14.9. The van der Waals surface area contributed by atoms with Crippen LogP contribution < -0.4 is 0 Å². The molecular formula is C34H50O4. The molecule has 1 fully saturated rings. The summed E-state index contributed by atoms with van der Waals surface area (Å²) in [6.07, 6.45) is 10.1. The second-order valence-corrected chi connectivity index (χ2v) is 13.1. The van der Waals surface area contributed by atoms with Gasteiger partial charge in [0, 0.05) is 16.9 Å². The van der Waals surface area contributed by atoms with E-state index in [0.29, 0.717) is 19.3 Å². The lowest BCUT2D eigenvalue weighted by atomic mass is 9.38. The molecule has 2 aliphatic rings. The van der Waals surface area contributed by atoms with Crippen LogP contribution in [-0.4, -0.2) is 22.5 Å². The number of hydrogen-bond donors (Lipinski definition) is 1. The first-order chi connectivity index (χ1) is 17.5. The molecule has 4 heteroatoms. The van der Waals surface area contributed by atoms with Crippen LogP contribution in [0.1, 0.15) is 108 Å². The molecule has 0 heterocycles. The van der Waals surface area contributed by atoms with E-state index in [0.717, 1.165) is 22.3 Å². The van der Waals surface area contributed by atoms with Crippen molar-refractivity contribution in [3.8, 4) is 0 Å². The van der Waals surface area contributed by atoms with Crippen LogP contribution in [0.2, 0.25) is 0 Å². The molecule has 210 valence electrons. The van der Waals surface area contributed by atoms with Crippen molar-refractivity contribution >= 4 is 17.3 Å². The van der Waals surface area contributed by atoms with E-state index < -0.39 is 33.7 Å². The van der Waals surface area contributed by atoms with Crippen molar-refractivity contribution in [3.05, 3.63) is 57.9 Å². The Balaban J connectivity index is 3.13. The summed E-state index contributed by atoms with van der Waals surface area (Å²) in [6.45, 7) is 21.5. The zero-order chi connectivity index (χ0) is 29.2. The Morgan fingerprint density at radius 2 is 1.37 bits per heavy atom. The third-order valence-electron chi connectivity index (χ3n) is 8.69. The van der Waals surface area contributed by atoms with Gasteiger partial charge < -0.3 is 5.11 Å². The lowest BCUT2D eigenvalue weighted by Gasteiger charge is -2.61. The number of carbonyl (C=O) groups excluding carboxylic acids is 3. The number of carbonyl (C=O) groups is 3. The van der Waals surface area contributed by atoms with Gasteiger partial charge in [0.25, 0.3) is 0 Å². The number of ketones is 3. The van der Waals surface area contributed by atoms with E-state index in [4.69, 9.17) is 0 Å². The number of Topliss-reactive ketones (excluding diaryl/α,β-unsaturated/α-hetero) is 3. The maximum Gasteiger partial charge on any atom is 0.184 e. The van der Waals surface area contributed by atoms with Crippen molar-refractivity contribution in [2.75, 3.05) is 0 Å². The predicted octanol–water partition coefficient (Wildman–Crippen LogP) is 8.60. The van der Waals surface area contributed by atoms with Crippen LogP contribution in [0.25, 0.3) is 0 Å². The lowest BCUT2D eigenvalue weighted by Crippen LogP contribution is -2.71. The molecule has 38 heavy (non-hydrogen) atoms. The fraction of sp³-hybridized carbons (Fsp3) is 0.618. The van der Waals surface area contributed by atoms with Crippen molar-refractivity contribution < 1.29 is 19.5 Å². The highest BCUT2D eigenvalue weighted by Crippen LogP contribution is 2.67. The summed E-state index contributed by atoms with van der Waals surface area (Å²) in [5, 5.41) is 11.9. The van der Waals surface area contributed by atoms with Crippen LogP contribution in [0.5, 0.6) is 0 Å². The van der Waals surface area contributed by atoms with E-state index in [1.54, 1.807) is 13.8 Å². The molecule has 4 nitrogen and oxygen atoms in total. The number of rotatable bonds is 10. The Labute approximate surface area is 231 Å². The molecule has 0 aromatic carbocycles. The van der Waals surface area contributed by atoms with E-state index in [1.165, 1.54) is 0 Å². The van der Waals surface area contributed by atoms with Crippen LogP contribution in [0, 0.1) is 28.1 Å². The van der Waals surface area contributed by atoms with Crippen molar-refractivity contribution in [3.63, 3.8) is 0 Å². The summed E-state index contributed by atoms with van der Waals surface area (Å²) in [4.78, 5) is 44.1. The minimum Gasteiger partial charge on any atom is -0.511 e. The molecule has 2 aliphatic carbocycles. The van der Waals surface area contributed by atoms with Crippen LogP contribution in [0.4, 0.5) is 0 Å². The van der Waals surface area contributed by atoms with E-state index >= 15 is 0 Å².